The molecule has 0 amide bonds. The number of fused-ring (bicyclic) bond motifs is 3. The van der Waals surface area contributed by atoms with E-state index in [9.17, 15) is 9.59 Å². The van der Waals surface area contributed by atoms with Crippen molar-refractivity contribution in [2.75, 3.05) is 0 Å². The lowest BCUT2D eigenvalue weighted by molar-refractivity contribution is -0.116. The van der Waals surface area contributed by atoms with Crippen LogP contribution < -0.4 is 10.4 Å². The number of hydrogen-bond donors (Lipinski definition) is 0. The largest absolute Gasteiger partial charge is 0.460 e. The van der Waals surface area contributed by atoms with E-state index in [-0.39, 0.29) is 5.78 Å². The van der Waals surface area contributed by atoms with E-state index in [0.717, 1.165) is 17.4 Å². The summed E-state index contributed by atoms with van der Waals surface area (Å²) in [5, 5.41) is 0.757. The highest BCUT2D eigenvalue weighted by Gasteiger charge is 2.39. The Morgan fingerprint density at radius 1 is 0.885 bits per heavy atom. The SMILES string of the molecule is O=C1CCCC2=C1[C@@H](c1ccccc1)c1c(c3ccccc3oc1=O)O2. The average molecular weight is 344 g/mol. The number of hydrogen-bond acceptors (Lipinski definition) is 4. The van der Waals surface area contributed by atoms with E-state index >= 15 is 0 Å². The molecule has 2 aliphatic rings. The lowest BCUT2D eigenvalue weighted by atomic mass is 9.77. The minimum atomic E-state index is -0.447. The van der Waals surface area contributed by atoms with Crippen LogP contribution in [0.5, 0.6) is 5.75 Å². The fraction of sp³-hybridized carbons (Fsp3) is 0.182. The molecule has 0 radical (unpaired) electrons. The first-order chi connectivity index (χ1) is 12.7. The molecule has 0 saturated heterocycles. The lowest BCUT2D eigenvalue weighted by Gasteiger charge is -2.32. The summed E-state index contributed by atoms with van der Waals surface area (Å²) in [5.74, 6) is 0.833. The zero-order valence-electron chi connectivity index (χ0n) is 14.0. The Bertz CT molecular complexity index is 1120. The molecule has 0 fully saturated rings. The van der Waals surface area contributed by atoms with E-state index in [4.69, 9.17) is 9.15 Å². The molecule has 0 spiro atoms. The molecule has 26 heavy (non-hydrogen) atoms. The number of carbonyl (C=O) groups excluding carboxylic acids is 1. The number of para-hydroxylation sites is 1. The predicted molar refractivity (Wildman–Crippen MR) is 97.3 cm³/mol. The third-order valence-corrected chi connectivity index (χ3v) is 5.14. The minimum Gasteiger partial charge on any atom is -0.460 e. The maximum atomic E-state index is 12.9. The molecule has 0 unspecified atom stereocenters. The number of benzene rings is 2. The smallest absolute Gasteiger partial charge is 0.344 e. The summed E-state index contributed by atoms with van der Waals surface area (Å²) in [6, 6.07) is 17.0. The van der Waals surface area contributed by atoms with Crippen LogP contribution >= 0.6 is 0 Å². The topological polar surface area (TPSA) is 56.5 Å². The Labute approximate surface area is 149 Å². The fourth-order valence-corrected chi connectivity index (χ4v) is 4.00. The van der Waals surface area contributed by atoms with E-state index in [2.05, 4.69) is 0 Å². The van der Waals surface area contributed by atoms with Crippen LogP contribution in [0.3, 0.4) is 0 Å². The van der Waals surface area contributed by atoms with Crippen LogP contribution in [0.1, 0.15) is 36.3 Å². The molecular formula is C22H16O4. The quantitative estimate of drug-likeness (QED) is 0.617. The van der Waals surface area contributed by atoms with E-state index in [0.29, 0.717) is 41.1 Å². The Morgan fingerprint density at radius 2 is 1.65 bits per heavy atom. The van der Waals surface area contributed by atoms with Crippen LogP contribution in [-0.4, -0.2) is 5.78 Å². The molecular weight excluding hydrogens is 328 g/mol. The van der Waals surface area contributed by atoms with Gasteiger partial charge in [-0.05, 0) is 24.1 Å². The van der Waals surface area contributed by atoms with Gasteiger partial charge in [0.15, 0.2) is 5.78 Å². The second-order valence-corrected chi connectivity index (χ2v) is 6.69. The first-order valence-electron chi connectivity index (χ1n) is 8.79. The number of allylic oxidation sites excluding steroid dienone is 2. The molecule has 5 rings (SSSR count). The monoisotopic (exact) mass is 344 g/mol. The number of carbonyl (C=O) groups is 1. The first-order valence-corrected chi connectivity index (χ1v) is 8.79. The van der Waals surface area contributed by atoms with Gasteiger partial charge < -0.3 is 9.15 Å². The minimum absolute atomic E-state index is 0.0540. The van der Waals surface area contributed by atoms with Gasteiger partial charge in [-0.25, -0.2) is 4.79 Å². The molecule has 1 aliphatic heterocycles. The Morgan fingerprint density at radius 3 is 2.50 bits per heavy atom. The number of Topliss-reactive ketones (excluding diaryl/α,β-unsaturated/α-hetero) is 1. The summed E-state index contributed by atoms with van der Waals surface area (Å²) in [5.41, 5.74) is 1.98. The molecule has 0 N–H and O–H groups in total. The molecule has 4 heteroatoms. The molecule has 2 aromatic carbocycles. The second kappa shape index (κ2) is 5.70. The van der Waals surface area contributed by atoms with Gasteiger partial charge in [-0.3, -0.25) is 4.79 Å². The molecule has 2 heterocycles. The van der Waals surface area contributed by atoms with E-state index in [1.54, 1.807) is 6.07 Å². The van der Waals surface area contributed by atoms with Gasteiger partial charge in [-0.2, -0.15) is 0 Å². The van der Waals surface area contributed by atoms with Crippen molar-refractivity contribution in [3.8, 4) is 5.75 Å². The van der Waals surface area contributed by atoms with Gasteiger partial charge in [0.05, 0.1) is 16.9 Å². The lowest BCUT2D eigenvalue weighted by Crippen LogP contribution is -2.29. The summed E-state index contributed by atoms with van der Waals surface area (Å²) in [4.78, 5) is 25.6. The third-order valence-electron chi connectivity index (χ3n) is 5.14. The van der Waals surface area contributed by atoms with Gasteiger partial charge in [0.1, 0.15) is 17.1 Å². The van der Waals surface area contributed by atoms with Crippen LogP contribution in [0.2, 0.25) is 0 Å². The van der Waals surface area contributed by atoms with Gasteiger partial charge >= 0.3 is 5.63 Å². The van der Waals surface area contributed by atoms with Crippen molar-refractivity contribution in [3.05, 3.63) is 87.5 Å². The van der Waals surface area contributed by atoms with Crippen molar-refractivity contribution in [2.24, 2.45) is 0 Å². The van der Waals surface area contributed by atoms with Crippen molar-refractivity contribution in [3.63, 3.8) is 0 Å². The highest BCUT2D eigenvalue weighted by atomic mass is 16.5. The molecule has 1 atom stereocenters. The zero-order valence-corrected chi connectivity index (χ0v) is 14.0. The van der Waals surface area contributed by atoms with Crippen LogP contribution in [0.4, 0.5) is 0 Å². The van der Waals surface area contributed by atoms with Crippen molar-refractivity contribution >= 4 is 16.8 Å². The van der Waals surface area contributed by atoms with E-state index in [1.807, 2.05) is 48.5 Å². The van der Waals surface area contributed by atoms with Crippen LogP contribution in [-0.2, 0) is 4.79 Å². The molecule has 3 aromatic rings. The molecule has 0 saturated carbocycles. The molecule has 1 aliphatic carbocycles. The number of ketones is 1. The second-order valence-electron chi connectivity index (χ2n) is 6.69. The van der Waals surface area contributed by atoms with Crippen molar-refractivity contribution in [1.82, 2.24) is 0 Å². The predicted octanol–water partition coefficient (Wildman–Crippen LogP) is 4.32. The van der Waals surface area contributed by atoms with Crippen molar-refractivity contribution in [1.29, 1.82) is 0 Å². The molecule has 128 valence electrons. The zero-order chi connectivity index (χ0) is 17.7. The van der Waals surface area contributed by atoms with Gasteiger partial charge in [0.2, 0.25) is 0 Å². The maximum Gasteiger partial charge on any atom is 0.344 e. The van der Waals surface area contributed by atoms with Crippen LogP contribution in [0.15, 0.2) is 75.1 Å². The summed E-state index contributed by atoms with van der Waals surface area (Å²) >= 11 is 0. The van der Waals surface area contributed by atoms with Crippen molar-refractivity contribution in [2.45, 2.75) is 25.2 Å². The maximum absolute atomic E-state index is 12.9. The summed E-state index contributed by atoms with van der Waals surface area (Å²) < 4.78 is 11.7. The van der Waals surface area contributed by atoms with E-state index in [1.165, 1.54) is 0 Å². The number of ether oxygens (including phenoxy) is 1. The highest BCUT2D eigenvalue weighted by Crippen LogP contribution is 2.47. The average Bonchev–Trinajstić information content (AvgIpc) is 2.67. The van der Waals surface area contributed by atoms with Gasteiger partial charge in [0.25, 0.3) is 0 Å². The molecule has 0 bridgehead atoms. The normalized spacial score (nSPS) is 19.1. The Balaban J connectivity index is 1.87. The Kier molecular flexibility index (Phi) is 3.32. The summed E-state index contributed by atoms with van der Waals surface area (Å²) in [7, 11) is 0. The van der Waals surface area contributed by atoms with Gasteiger partial charge in [-0.15, -0.1) is 0 Å². The van der Waals surface area contributed by atoms with Crippen LogP contribution in [0.25, 0.3) is 11.0 Å². The third kappa shape index (κ3) is 2.15. The fourth-order valence-electron chi connectivity index (χ4n) is 4.00. The van der Waals surface area contributed by atoms with Gasteiger partial charge in [0, 0.05) is 18.4 Å². The Hall–Kier alpha value is -3.14. The number of rotatable bonds is 1. The molecule has 1 aromatic heterocycles. The van der Waals surface area contributed by atoms with E-state index < -0.39 is 11.5 Å². The highest BCUT2D eigenvalue weighted by molar-refractivity contribution is 6.00. The van der Waals surface area contributed by atoms with Gasteiger partial charge in [-0.1, -0.05) is 42.5 Å². The summed E-state index contributed by atoms with van der Waals surface area (Å²) in [6.45, 7) is 0. The standard InChI is InChI=1S/C22H16O4/c23-15-10-6-12-17-19(15)18(13-7-2-1-3-8-13)20-21(25-17)14-9-4-5-11-16(14)26-22(20)24/h1-5,7-9,11,18H,6,10,12H2/t18-/m1/s1. The van der Waals surface area contributed by atoms with Crippen LogP contribution in [0, 0.1) is 0 Å². The summed E-state index contributed by atoms with van der Waals surface area (Å²) in [6.07, 6.45) is 1.96. The first kappa shape index (κ1) is 15.1. The van der Waals surface area contributed by atoms with Crippen molar-refractivity contribution < 1.29 is 13.9 Å². The molecule has 4 nitrogen and oxygen atoms in total.